The Bertz CT molecular complexity index is 784. The highest BCUT2D eigenvalue weighted by Gasteiger charge is 2.53. The molecule has 134 valence electrons. The number of para-hydroxylation sites is 1. The average molecular weight is 355 g/mol. The summed E-state index contributed by atoms with van der Waals surface area (Å²) >= 11 is 0. The Morgan fingerprint density at radius 2 is 2.04 bits per heavy atom. The number of nitrogens with zero attached hydrogens (tertiary/aromatic N) is 2. The third kappa shape index (κ3) is 2.83. The first kappa shape index (κ1) is 16.2. The molecule has 0 amide bonds. The van der Waals surface area contributed by atoms with Crippen molar-refractivity contribution >= 4 is 5.69 Å². The average Bonchev–Trinajstić information content (AvgIpc) is 3.17. The van der Waals surface area contributed by atoms with E-state index in [1.165, 1.54) is 18.3 Å². The fourth-order valence-electron chi connectivity index (χ4n) is 3.31. The van der Waals surface area contributed by atoms with Crippen LogP contribution in [0.4, 0.5) is 18.9 Å². The van der Waals surface area contributed by atoms with Crippen LogP contribution in [-0.2, 0) is 9.47 Å². The van der Waals surface area contributed by atoms with Crippen LogP contribution in [-0.4, -0.2) is 35.1 Å². The minimum Gasteiger partial charge on any atom is -0.403 e. The van der Waals surface area contributed by atoms with E-state index in [4.69, 9.17) is 15.2 Å². The molecule has 0 radical (unpaired) electrons. The second-order valence-corrected chi connectivity index (χ2v) is 6.04. The van der Waals surface area contributed by atoms with Gasteiger partial charge < -0.3 is 19.9 Å². The Labute approximate surface area is 141 Å². The zero-order valence-corrected chi connectivity index (χ0v) is 13.1. The zero-order chi connectivity index (χ0) is 17.7. The maximum Gasteiger partial charge on any atom is 0.573 e. The van der Waals surface area contributed by atoms with E-state index in [1.807, 2.05) is 0 Å². The molecule has 1 saturated carbocycles. The van der Waals surface area contributed by atoms with E-state index in [1.54, 1.807) is 16.9 Å². The SMILES string of the molecule is Nc1cccc(-c2cnn(C3CCC34OCCO4)c2)c1OC(F)(F)F. The van der Waals surface area contributed by atoms with Crippen molar-refractivity contribution in [1.82, 2.24) is 9.78 Å². The van der Waals surface area contributed by atoms with Gasteiger partial charge in [0.15, 0.2) is 11.5 Å². The van der Waals surface area contributed by atoms with Gasteiger partial charge in [0.2, 0.25) is 0 Å². The number of halogens is 3. The maximum atomic E-state index is 12.7. The van der Waals surface area contributed by atoms with Crippen LogP contribution >= 0.6 is 0 Å². The number of hydrogen-bond acceptors (Lipinski definition) is 5. The van der Waals surface area contributed by atoms with Gasteiger partial charge in [-0.2, -0.15) is 5.10 Å². The first-order valence-corrected chi connectivity index (χ1v) is 7.85. The summed E-state index contributed by atoms with van der Waals surface area (Å²) < 4.78 is 55.2. The van der Waals surface area contributed by atoms with Gasteiger partial charge >= 0.3 is 6.36 Å². The van der Waals surface area contributed by atoms with E-state index in [0.717, 1.165) is 12.8 Å². The topological polar surface area (TPSA) is 71.5 Å². The van der Waals surface area contributed by atoms with Gasteiger partial charge in [0.25, 0.3) is 0 Å². The molecule has 0 bridgehead atoms. The molecule has 9 heteroatoms. The number of hydrogen-bond donors (Lipinski definition) is 1. The van der Waals surface area contributed by atoms with Crippen molar-refractivity contribution in [2.24, 2.45) is 0 Å². The summed E-state index contributed by atoms with van der Waals surface area (Å²) in [7, 11) is 0. The number of rotatable bonds is 3. The number of anilines is 1. The number of benzene rings is 1. The van der Waals surface area contributed by atoms with Crippen LogP contribution in [0.3, 0.4) is 0 Å². The van der Waals surface area contributed by atoms with Gasteiger partial charge in [0.1, 0.15) is 6.04 Å². The van der Waals surface area contributed by atoms with Crippen LogP contribution in [0, 0.1) is 0 Å². The largest absolute Gasteiger partial charge is 0.573 e. The molecule has 25 heavy (non-hydrogen) atoms. The summed E-state index contributed by atoms with van der Waals surface area (Å²) in [6.07, 6.45) is -0.0884. The lowest BCUT2D eigenvalue weighted by Crippen LogP contribution is -2.49. The molecule has 1 aromatic heterocycles. The Kier molecular flexibility index (Phi) is 3.66. The van der Waals surface area contributed by atoms with Crippen molar-refractivity contribution in [3.05, 3.63) is 30.6 Å². The minimum absolute atomic E-state index is 0.0925. The van der Waals surface area contributed by atoms with Gasteiger partial charge in [-0.15, -0.1) is 13.2 Å². The van der Waals surface area contributed by atoms with E-state index < -0.39 is 17.9 Å². The third-order valence-corrected chi connectivity index (χ3v) is 4.55. The van der Waals surface area contributed by atoms with Crippen molar-refractivity contribution in [2.45, 2.75) is 31.0 Å². The highest BCUT2D eigenvalue weighted by atomic mass is 19.4. The summed E-state index contributed by atoms with van der Waals surface area (Å²) in [5.41, 5.74) is 6.28. The van der Waals surface area contributed by atoms with Gasteiger partial charge in [0, 0.05) is 23.7 Å². The second-order valence-electron chi connectivity index (χ2n) is 6.04. The van der Waals surface area contributed by atoms with Gasteiger partial charge in [-0.05, 0) is 12.5 Å². The van der Waals surface area contributed by atoms with Crippen molar-refractivity contribution in [3.8, 4) is 16.9 Å². The molecule has 1 saturated heterocycles. The lowest BCUT2D eigenvalue weighted by atomic mass is 9.85. The van der Waals surface area contributed by atoms with E-state index in [-0.39, 0.29) is 17.3 Å². The second kappa shape index (κ2) is 5.63. The number of aromatic nitrogens is 2. The predicted octanol–water partition coefficient (Wildman–Crippen LogP) is 3.11. The molecule has 2 aliphatic rings. The third-order valence-electron chi connectivity index (χ3n) is 4.55. The molecule has 6 nitrogen and oxygen atoms in total. The quantitative estimate of drug-likeness (QED) is 0.857. The van der Waals surface area contributed by atoms with Crippen molar-refractivity contribution in [1.29, 1.82) is 0 Å². The molecule has 4 rings (SSSR count). The molecular weight excluding hydrogens is 339 g/mol. The summed E-state index contributed by atoms with van der Waals surface area (Å²) in [5.74, 6) is -1.09. The zero-order valence-electron chi connectivity index (χ0n) is 13.1. The molecule has 1 aromatic carbocycles. The lowest BCUT2D eigenvalue weighted by Gasteiger charge is -2.44. The van der Waals surface area contributed by atoms with E-state index in [0.29, 0.717) is 18.8 Å². The monoisotopic (exact) mass is 355 g/mol. The molecule has 1 atom stereocenters. The van der Waals surface area contributed by atoms with Gasteiger partial charge in [-0.3, -0.25) is 4.68 Å². The summed E-state index contributed by atoms with van der Waals surface area (Å²) in [4.78, 5) is 0. The molecule has 1 aliphatic carbocycles. The summed E-state index contributed by atoms with van der Waals surface area (Å²) in [5, 5.41) is 4.28. The molecule has 1 aliphatic heterocycles. The smallest absolute Gasteiger partial charge is 0.403 e. The molecule has 2 fully saturated rings. The Hall–Kier alpha value is -2.26. The molecule has 2 N–H and O–H groups in total. The maximum absolute atomic E-state index is 12.7. The minimum atomic E-state index is -4.83. The lowest BCUT2D eigenvalue weighted by molar-refractivity contribution is -0.274. The van der Waals surface area contributed by atoms with E-state index in [2.05, 4.69) is 9.84 Å². The Balaban J connectivity index is 1.66. The number of ether oxygens (including phenoxy) is 3. The molecule has 1 spiro atoms. The predicted molar refractivity (Wildman–Crippen MR) is 81.7 cm³/mol. The van der Waals surface area contributed by atoms with Crippen LogP contribution in [0.15, 0.2) is 30.6 Å². The molecule has 2 heterocycles. The standard InChI is InChI=1S/C16H16F3N3O3/c17-16(18,19)25-14-11(2-1-3-12(14)20)10-8-21-22(9-10)13-4-5-15(13)23-6-7-24-15/h1-3,8-9,13H,4-7,20H2. The fraction of sp³-hybridized carbons (Fsp3) is 0.438. The van der Waals surface area contributed by atoms with Gasteiger partial charge in [0.05, 0.1) is 25.1 Å². The highest BCUT2D eigenvalue weighted by Crippen LogP contribution is 2.48. The van der Waals surface area contributed by atoms with Crippen LogP contribution in [0.25, 0.3) is 11.1 Å². The van der Waals surface area contributed by atoms with Crippen LogP contribution < -0.4 is 10.5 Å². The van der Waals surface area contributed by atoms with Crippen molar-refractivity contribution < 1.29 is 27.4 Å². The Morgan fingerprint density at radius 3 is 2.68 bits per heavy atom. The number of nitrogens with two attached hydrogens (primary N) is 1. The molecule has 1 unspecified atom stereocenters. The molecule has 2 aromatic rings. The van der Waals surface area contributed by atoms with Gasteiger partial charge in [-0.1, -0.05) is 12.1 Å². The van der Waals surface area contributed by atoms with Crippen molar-refractivity contribution in [3.63, 3.8) is 0 Å². The fourth-order valence-corrected chi connectivity index (χ4v) is 3.31. The normalized spacial score (nSPS) is 22.1. The number of alkyl halides is 3. The van der Waals surface area contributed by atoms with E-state index in [9.17, 15) is 13.2 Å². The van der Waals surface area contributed by atoms with Gasteiger partial charge in [-0.25, -0.2) is 0 Å². The Morgan fingerprint density at radius 1 is 1.28 bits per heavy atom. The number of nitrogen functional groups attached to an aromatic ring is 1. The molecular formula is C16H16F3N3O3. The van der Waals surface area contributed by atoms with E-state index >= 15 is 0 Å². The van der Waals surface area contributed by atoms with Crippen LogP contribution in [0.2, 0.25) is 0 Å². The van der Waals surface area contributed by atoms with Crippen molar-refractivity contribution in [2.75, 3.05) is 18.9 Å². The first-order chi connectivity index (χ1) is 11.9. The summed E-state index contributed by atoms with van der Waals surface area (Å²) in [6, 6.07) is 4.34. The van der Waals surface area contributed by atoms with Crippen LogP contribution in [0.5, 0.6) is 5.75 Å². The highest BCUT2D eigenvalue weighted by molar-refractivity contribution is 5.76. The summed E-state index contributed by atoms with van der Waals surface area (Å²) in [6.45, 7) is 1.06. The first-order valence-electron chi connectivity index (χ1n) is 7.85. The van der Waals surface area contributed by atoms with Crippen LogP contribution in [0.1, 0.15) is 18.9 Å².